The van der Waals surface area contributed by atoms with E-state index in [0.717, 1.165) is 44.5 Å². The fraction of sp³-hybridized carbons (Fsp3) is 0.769. The van der Waals surface area contributed by atoms with E-state index < -0.39 is 10.0 Å². The van der Waals surface area contributed by atoms with Gasteiger partial charge in [-0.1, -0.05) is 0 Å². The Hall–Kier alpha value is -0.630. The van der Waals surface area contributed by atoms with Crippen LogP contribution in [-0.2, 0) is 23.0 Å². The fourth-order valence-corrected chi connectivity index (χ4v) is 4.99. The predicted molar refractivity (Wildman–Crippen MR) is 83.0 cm³/mol. The number of aromatic nitrogens is 2. The Morgan fingerprint density at radius 3 is 2.90 bits per heavy atom. The minimum Gasteiger partial charge on any atom is -0.330 e. The molecule has 21 heavy (non-hydrogen) atoms. The second-order valence-corrected chi connectivity index (χ2v) is 7.60. The average molecular weight is 335 g/mol. The van der Waals surface area contributed by atoms with Crippen molar-refractivity contribution in [3.63, 3.8) is 0 Å². The van der Waals surface area contributed by atoms with Crippen molar-refractivity contribution in [1.29, 1.82) is 0 Å². The van der Waals surface area contributed by atoms with Gasteiger partial charge in [0.15, 0.2) is 5.03 Å². The summed E-state index contributed by atoms with van der Waals surface area (Å²) in [6, 6.07) is 0. The van der Waals surface area contributed by atoms with E-state index in [-0.39, 0.29) is 12.4 Å². The molecule has 1 aromatic heterocycles. The molecule has 6 nitrogen and oxygen atoms in total. The van der Waals surface area contributed by atoms with Crippen molar-refractivity contribution in [3.05, 3.63) is 12.0 Å². The first kappa shape index (κ1) is 16.7. The molecule has 1 fully saturated rings. The van der Waals surface area contributed by atoms with Gasteiger partial charge in [-0.2, -0.15) is 4.31 Å². The Morgan fingerprint density at radius 2 is 2.14 bits per heavy atom. The van der Waals surface area contributed by atoms with Crippen LogP contribution < -0.4 is 5.73 Å². The third kappa shape index (κ3) is 3.11. The molecule has 1 aromatic rings. The average Bonchev–Trinajstić information content (AvgIpc) is 3.01. The molecule has 0 amide bonds. The number of halogens is 1. The second kappa shape index (κ2) is 6.64. The van der Waals surface area contributed by atoms with Gasteiger partial charge in [0.25, 0.3) is 10.0 Å². The van der Waals surface area contributed by atoms with E-state index >= 15 is 0 Å². The maximum atomic E-state index is 12.8. The number of nitrogens with zero attached hydrogens (tertiary/aromatic N) is 3. The van der Waals surface area contributed by atoms with Gasteiger partial charge in [-0.3, -0.25) is 0 Å². The van der Waals surface area contributed by atoms with Crippen LogP contribution in [0.3, 0.4) is 0 Å². The number of aryl methyl sites for hydroxylation is 1. The van der Waals surface area contributed by atoms with Crippen LogP contribution in [0.15, 0.2) is 11.2 Å². The standard InChI is InChI=1S/C13H22N4O2S.ClH/c14-6-5-11-3-1-7-16(10-11)20(18,19)13-9-15-12-4-2-8-17(12)13;/h9,11H,1-8,10,14H2;1H. The first-order valence-electron chi connectivity index (χ1n) is 7.37. The lowest BCUT2D eigenvalue weighted by Gasteiger charge is -2.31. The summed E-state index contributed by atoms with van der Waals surface area (Å²) in [6.45, 7) is 2.61. The molecule has 120 valence electrons. The van der Waals surface area contributed by atoms with Gasteiger partial charge in [0, 0.05) is 26.1 Å². The molecule has 1 saturated heterocycles. The maximum absolute atomic E-state index is 12.8. The molecule has 3 rings (SSSR count). The van der Waals surface area contributed by atoms with Crippen LogP contribution in [0.1, 0.15) is 31.5 Å². The third-order valence-electron chi connectivity index (χ3n) is 4.34. The summed E-state index contributed by atoms with van der Waals surface area (Å²) in [6.07, 6.45) is 6.29. The minimum absolute atomic E-state index is 0. The van der Waals surface area contributed by atoms with Gasteiger partial charge in [-0.05, 0) is 38.1 Å². The molecule has 2 aliphatic rings. The summed E-state index contributed by atoms with van der Waals surface area (Å²) < 4.78 is 29.1. The van der Waals surface area contributed by atoms with E-state index in [1.54, 1.807) is 4.31 Å². The largest absolute Gasteiger partial charge is 0.330 e. The summed E-state index contributed by atoms with van der Waals surface area (Å²) in [7, 11) is -3.40. The van der Waals surface area contributed by atoms with E-state index in [1.807, 2.05) is 4.57 Å². The summed E-state index contributed by atoms with van der Waals surface area (Å²) in [5.74, 6) is 1.29. The van der Waals surface area contributed by atoms with Crippen LogP contribution in [0.2, 0.25) is 0 Å². The normalized spacial score (nSPS) is 22.8. The Labute approximate surface area is 132 Å². The van der Waals surface area contributed by atoms with E-state index in [1.165, 1.54) is 6.20 Å². The molecule has 0 spiro atoms. The van der Waals surface area contributed by atoms with Crippen LogP contribution in [0.4, 0.5) is 0 Å². The first-order valence-corrected chi connectivity index (χ1v) is 8.81. The first-order chi connectivity index (χ1) is 9.63. The SMILES string of the molecule is Cl.NCCC1CCCN(S(=O)(=O)c2cnc3n2CCC3)C1. The predicted octanol–water partition coefficient (Wildman–Crippen LogP) is 1.00. The smallest absolute Gasteiger partial charge is 0.260 e. The number of hydrogen-bond donors (Lipinski definition) is 1. The highest BCUT2D eigenvalue weighted by Crippen LogP contribution is 2.27. The van der Waals surface area contributed by atoms with Crippen molar-refractivity contribution in [2.75, 3.05) is 19.6 Å². The van der Waals surface area contributed by atoms with E-state index in [2.05, 4.69) is 4.98 Å². The lowest BCUT2D eigenvalue weighted by Crippen LogP contribution is -2.41. The van der Waals surface area contributed by atoms with E-state index in [4.69, 9.17) is 5.73 Å². The zero-order valence-corrected chi connectivity index (χ0v) is 13.7. The van der Waals surface area contributed by atoms with Crippen LogP contribution in [0.25, 0.3) is 0 Å². The fourth-order valence-electron chi connectivity index (χ4n) is 3.28. The van der Waals surface area contributed by atoms with Crippen molar-refractivity contribution in [2.24, 2.45) is 11.7 Å². The Bertz CT molecular complexity index is 585. The van der Waals surface area contributed by atoms with Gasteiger partial charge in [-0.25, -0.2) is 13.4 Å². The lowest BCUT2D eigenvalue weighted by molar-refractivity contribution is 0.257. The number of sulfonamides is 1. The third-order valence-corrected chi connectivity index (χ3v) is 6.21. The van der Waals surface area contributed by atoms with Crippen LogP contribution >= 0.6 is 12.4 Å². The minimum atomic E-state index is -3.40. The number of imidazole rings is 1. The summed E-state index contributed by atoms with van der Waals surface area (Å²) in [5, 5.41) is 0.374. The van der Waals surface area contributed by atoms with Crippen LogP contribution in [0.5, 0.6) is 0 Å². The second-order valence-electron chi connectivity index (χ2n) is 5.72. The Balaban J connectivity index is 0.00000161. The highest BCUT2D eigenvalue weighted by molar-refractivity contribution is 7.89. The maximum Gasteiger partial charge on any atom is 0.260 e. The lowest BCUT2D eigenvalue weighted by atomic mass is 9.96. The molecule has 0 bridgehead atoms. The molecule has 0 saturated carbocycles. The molecule has 3 heterocycles. The van der Waals surface area contributed by atoms with E-state index in [0.29, 0.717) is 30.6 Å². The van der Waals surface area contributed by atoms with Crippen molar-refractivity contribution in [2.45, 2.75) is 43.7 Å². The molecule has 1 unspecified atom stereocenters. The molecule has 8 heteroatoms. The Morgan fingerprint density at radius 1 is 1.33 bits per heavy atom. The summed E-state index contributed by atoms with van der Waals surface area (Å²) in [4.78, 5) is 4.25. The van der Waals surface area contributed by atoms with Gasteiger partial charge in [-0.15, -0.1) is 12.4 Å². The summed E-state index contributed by atoms with van der Waals surface area (Å²) >= 11 is 0. The highest BCUT2D eigenvalue weighted by Gasteiger charge is 2.33. The number of piperidine rings is 1. The number of fused-ring (bicyclic) bond motifs is 1. The van der Waals surface area contributed by atoms with Crippen LogP contribution in [0, 0.1) is 5.92 Å². The molecular weight excluding hydrogens is 312 g/mol. The molecule has 2 aliphatic heterocycles. The molecule has 0 aliphatic carbocycles. The molecular formula is C13H23ClN4O2S. The van der Waals surface area contributed by atoms with Crippen molar-refractivity contribution >= 4 is 22.4 Å². The molecule has 2 N–H and O–H groups in total. The highest BCUT2D eigenvalue weighted by atomic mass is 35.5. The molecule has 1 atom stereocenters. The summed E-state index contributed by atoms with van der Waals surface area (Å²) in [5.41, 5.74) is 5.60. The topological polar surface area (TPSA) is 81.2 Å². The number of rotatable bonds is 4. The van der Waals surface area contributed by atoms with Gasteiger partial charge >= 0.3 is 0 Å². The molecule has 0 aromatic carbocycles. The monoisotopic (exact) mass is 334 g/mol. The van der Waals surface area contributed by atoms with E-state index in [9.17, 15) is 8.42 Å². The zero-order valence-electron chi connectivity index (χ0n) is 12.1. The van der Waals surface area contributed by atoms with Crippen molar-refractivity contribution in [1.82, 2.24) is 13.9 Å². The molecule has 0 radical (unpaired) electrons. The van der Waals surface area contributed by atoms with Gasteiger partial charge in [0.2, 0.25) is 0 Å². The zero-order chi connectivity index (χ0) is 14.2. The quantitative estimate of drug-likeness (QED) is 0.890. The van der Waals surface area contributed by atoms with Crippen LogP contribution in [-0.4, -0.2) is 41.9 Å². The van der Waals surface area contributed by atoms with Gasteiger partial charge in [0.1, 0.15) is 5.82 Å². The van der Waals surface area contributed by atoms with Crippen molar-refractivity contribution < 1.29 is 8.42 Å². The van der Waals surface area contributed by atoms with Crippen molar-refractivity contribution in [3.8, 4) is 0 Å². The van der Waals surface area contributed by atoms with Gasteiger partial charge < -0.3 is 10.3 Å². The van der Waals surface area contributed by atoms with Gasteiger partial charge in [0.05, 0.1) is 6.20 Å². The Kier molecular flexibility index (Phi) is 5.29. The number of nitrogens with two attached hydrogens (primary N) is 1. The number of hydrogen-bond acceptors (Lipinski definition) is 4.